The highest BCUT2D eigenvalue weighted by atomic mass is 35.5. The van der Waals surface area contributed by atoms with Crippen LogP contribution < -0.4 is 9.64 Å². The lowest BCUT2D eigenvalue weighted by molar-refractivity contribution is -0.132. The lowest BCUT2D eigenvalue weighted by Gasteiger charge is -2.25. The van der Waals surface area contributed by atoms with Gasteiger partial charge in [0.25, 0.3) is 11.7 Å². The second-order valence-corrected chi connectivity index (χ2v) is 8.52. The van der Waals surface area contributed by atoms with Crippen LogP contribution in [-0.2, 0) is 14.3 Å². The molecule has 1 heterocycles. The van der Waals surface area contributed by atoms with Crippen molar-refractivity contribution in [2.24, 2.45) is 0 Å². The molecule has 1 unspecified atom stereocenters. The monoisotopic (exact) mass is 505 g/mol. The standard InChI is InChI=1S/C28H24ClNO6/c1-3-14-36-28(34)19-10-7-11-20(15-19)30-24(17-8-5-4-6-9-17)23(26(32)27(30)33)25(31)18-12-13-22(35-2)21(29)16-18/h4-13,15-16,24,31H,3,14H2,1-2H3/b25-23+. The maximum atomic E-state index is 13.3. The number of nitrogens with zero attached hydrogens (tertiary/aromatic N) is 1. The summed E-state index contributed by atoms with van der Waals surface area (Å²) in [5.41, 5.74) is 1.35. The number of Topliss-reactive ketones (excluding diaryl/α,β-unsaturated/α-hetero) is 1. The molecule has 0 aromatic heterocycles. The van der Waals surface area contributed by atoms with E-state index in [-0.39, 0.29) is 34.1 Å². The fourth-order valence-electron chi connectivity index (χ4n) is 4.08. The minimum absolute atomic E-state index is 0.0913. The summed E-state index contributed by atoms with van der Waals surface area (Å²) < 4.78 is 10.4. The van der Waals surface area contributed by atoms with Gasteiger partial charge in [0.05, 0.1) is 35.9 Å². The van der Waals surface area contributed by atoms with E-state index in [4.69, 9.17) is 21.1 Å². The summed E-state index contributed by atoms with van der Waals surface area (Å²) in [6.07, 6.45) is 0.670. The minimum atomic E-state index is -0.936. The molecule has 0 bridgehead atoms. The molecule has 1 aliphatic heterocycles. The van der Waals surface area contributed by atoms with E-state index in [1.165, 1.54) is 24.1 Å². The number of aliphatic hydroxyl groups excluding tert-OH is 1. The summed E-state index contributed by atoms with van der Waals surface area (Å²) >= 11 is 6.24. The van der Waals surface area contributed by atoms with Crippen LogP contribution in [0.2, 0.25) is 5.02 Å². The van der Waals surface area contributed by atoms with Gasteiger partial charge in [-0.3, -0.25) is 14.5 Å². The highest BCUT2D eigenvalue weighted by molar-refractivity contribution is 6.51. The molecule has 1 atom stereocenters. The van der Waals surface area contributed by atoms with Crippen LogP contribution in [0.3, 0.4) is 0 Å². The average molecular weight is 506 g/mol. The zero-order chi connectivity index (χ0) is 25.8. The molecule has 1 saturated heterocycles. The third-order valence-corrected chi connectivity index (χ3v) is 6.08. The van der Waals surface area contributed by atoms with Crippen molar-refractivity contribution in [3.63, 3.8) is 0 Å². The van der Waals surface area contributed by atoms with Gasteiger partial charge in [0, 0.05) is 11.3 Å². The molecule has 0 saturated carbocycles. The van der Waals surface area contributed by atoms with Crippen molar-refractivity contribution in [1.82, 2.24) is 0 Å². The van der Waals surface area contributed by atoms with Gasteiger partial charge in [0.1, 0.15) is 11.5 Å². The first-order valence-electron chi connectivity index (χ1n) is 11.3. The van der Waals surface area contributed by atoms with Crippen LogP contribution in [0.1, 0.15) is 40.9 Å². The molecule has 0 aliphatic carbocycles. The summed E-state index contributed by atoms with van der Waals surface area (Å²) in [7, 11) is 1.47. The largest absolute Gasteiger partial charge is 0.507 e. The number of amides is 1. The van der Waals surface area contributed by atoms with E-state index in [1.807, 2.05) is 13.0 Å². The molecule has 8 heteroatoms. The van der Waals surface area contributed by atoms with E-state index in [1.54, 1.807) is 54.6 Å². The van der Waals surface area contributed by atoms with Crippen LogP contribution >= 0.6 is 11.6 Å². The third kappa shape index (κ3) is 4.70. The molecule has 3 aromatic rings. The number of rotatable bonds is 7. The number of halogens is 1. The van der Waals surface area contributed by atoms with Crippen LogP contribution in [-0.4, -0.2) is 36.5 Å². The zero-order valence-electron chi connectivity index (χ0n) is 19.7. The van der Waals surface area contributed by atoms with Crippen molar-refractivity contribution < 1.29 is 29.0 Å². The van der Waals surface area contributed by atoms with E-state index in [9.17, 15) is 19.5 Å². The summed E-state index contributed by atoms with van der Waals surface area (Å²) in [6, 6.07) is 18.9. The molecule has 0 spiro atoms. The first-order valence-corrected chi connectivity index (χ1v) is 11.7. The molecule has 7 nitrogen and oxygen atoms in total. The van der Waals surface area contributed by atoms with Crippen molar-refractivity contribution in [2.75, 3.05) is 18.6 Å². The second kappa shape index (κ2) is 10.7. The molecular weight excluding hydrogens is 482 g/mol. The number of carbonyl (C=O) groups excluding carboxylic acids is 3. The lowest BCUT2D eigenvalue weighted by atomic mass is 9.95. The van der Waals surface area contributed by atoms with Gasteiger partial charge in [-0.1, -0.05) is 54.9 Å². The summed E-state index contributed by atoms with van der Waals surface area (Å²) in [5.74, 6) is -2.18. The van der Waals surface area contributed by atoms with Crippen molar-refractivity contribution in [3.8, 4) is 5.75 Å². The van der Waals surface area contributed by atoms with Gasteiger partial charge in [-0.25, -0.2) is 4.79 Å². The Morgan fingerprint density at radius 2 is 1.75 bits per heavy atom. The van der Waals surface area contributed by atoms with Gasteiger partial charge in [-0.2, -0.15) is 0 Å². The molecule has 1 N–H and O–H groups in total. The van der Waals surface area contributed by atoms with Gasteiger partial charge in [-0.15, -0.1) is 0 Å². The number of carbonyl (C=O) groups is 3. The zero-order valence-corrected chi connectivity index (χ0v) is 20.5. The Labute approximate surface area is 213 Å². The van der Waals surface area contributed by atoms with Crippen LogP contribution in [0.5, 0.6) is 5.75 Å². The molecule has 184 valence electrons. The highest BCUT2D eigenvalue weighted by Crippen LogP contribution is 2.42. The second-order valence-electron chi connectivity index (χ2n) is 8.12. The maximum Gasteiger partial charge on any atom is 0.338 e. The lowest BCUT2D eigenvalue weighted by Crippen LogP contribution is -2.29. The Morgan fingerprint density at radius 1 is 1.00 bits per heavy atom. The number of ketones is 1. The topological polar surface area (TPSA) is 93.1 Å². The molecule has 3 aromatic carbocycles. The van der Waals surface area contributed by atoms with E-state index in [0.717, 1.165) is 0 Å². The smallest absolute Gasteiger partial charge is 0.338 e. The first kappa shape index (κ1) is 25.0. The molecular formula is C28H24ClNO6. The van der Waals surface area contributed by atoms with E-state index in [0.29, 0.717) is 23.4 Å². The van der Waals surface area contributed by atoms with Gasteiger partial charge in [0.15, 0.2) is 0 Å². The van der Waals surface area contributed by atoms with Crippen molar-refractivity contribution >= 4 is 40.7 Å². The maximum absolute atomic E-state index is 13.3. The molecule has 4 rings (SSSR count). The van der Waals surface area contributed by atoms with E-state index >= 15 is 0 Å². The minimum Gasteiger partial charge on any atom is -0.507 e. The molecule has 1 amide bonds. The number of esters is 1. The molecule has 1 fully saturated rings. The summed E-state index contributed by atoms with van der Waals surface area (Å²) in [5, 5.41) is 11.5. The fourth-order valence-corrected chi connectivity index (χ4v) is 4.34. The van der Waals surface area contributed by atoms with E-state index < -0.39 is 23.7 Å². The number of hydrogen-bond acceptors (Lipinski definition) is 6. The number of hydrogen-bond donors (Lipinski definition) is 1. The number of anilines is 1. The van der Waals surface area contributed by atoms with Gasteiger partial charge in [-0.05, 0) is 48.4 Å². The van der Waals surface area contributed by atoms with Crippen LogP contribution in [0.4, 0.5) is 5.69 Å². The normalized spacial score (nSPS) is 16.8. The van der Waals surface area contributed by atoms with Crippen molar-refractivity contribution in [2.45, 2.75) is 19.4 Å². The quantitative estimate of drug-likeness (QED) is 0.196. The van der Waals surface area contributed by atoms with Crippen LogP contribution in [0.15, 0.2) is 78.4 Å². The average Bonchev–Trinajstić information content (AvgIpc) is 3.17. The number of ether oxygens (including phenoxy) is 2. The predicted octanol–water partition coefficient (Wildman–Crippen LogP) is 5.54. The number of aliphatic hydroxyl groups is 1. The fraction of sp³-hybridized carbons (Fsp3) is 0.179. The first-order chi connectivity index (χ1) is 17.4. The Balaban J connectivity index is 1.86. The van der Waals surface area contributed by atoms with Gasteiger partial charge in [0.2, 0.25) is 0 Å². The van der Waals surface area contributed by atoms with Crippen LogP contribution in [0, 0.1) is 0 Å². The van der Waals surface area contributed by atoms with Gasteiger partial charge < -0.3 is 14.6 Å². The molecule has 0 radical (unpaired) electrons. The van der Waals surface area contributed by atoms with Crippen molar-refractivity contribution in [3.05, 3.63) is 100 Å². The highest BCUT2D eigenvalue weighted by Gasteiger charge is 2.47. The SMILES string of the molecule is CCCOC(=O)c1cccc(N2C(=O)C(=O)/C(=C(/O)c3ccc(OC)c(Cl)c3)C2c2ccccc2)c1. The van der Waals surface area contributed by atoms with Crippen LogP contribution in [0.25, 0.3) is 5.76 Å². The number of methoxy groups -OCH3 is 1. The summed E-state index contributed by atoms with van der Waals surface area (Å²) in [6.45, 7) is 2.15. The Hall–Kier alpha value is -4.10. The molecule has 36 heavy (non-hydrogen) atoms. The third-order valence-electron chi connectivity index (χ3n) is 5.78. The summed E-state index contributed by atoms with van der Waals surface area (Å²) in [4.78, 5) is 40.4. The van der Waals surface area contributed by atoms with Crippen molar-refractivity contribution in [1.29, 1.82) is 0 Å². The van der Waals surface area contributed by atoms with Gasteiger partial charge >= 0.3 is 5.97 Å². The van der Waals surface area contributed by atoms with E-state index in [2.05, 4.69) is 0 Å². The Bertz CT molecular complexity index is 1350. The molecule has 1 aliphatic rings. The Morgan fingerprint density at radius 3 is 2.42 bits per heavy atom. The number of benzene rings is 3. The predicted molar refractivity (Wildman–Crippen MR) is 136 cm³/mol. The Kier molecular flexibility index (Phi) is 7.41.